The zero-order valence-corrected chi connectivity index (χ0v) is 14.1. The number of methoxy groups -OCH3 is 1. The first kappa shape index (κ1) is 17.2. The molecule has 2 aromatic carbocycles. The molecule has 0 unspecified atom stereocenters. The fraction of sp³-hybridized carbons (Fsp3) is 0.368. The quantitative estimate of drug-likeness (QED) is 0.714. The summed E-state index contributed by atoms with van der Waals surface area (Å²) in [5.41, 5.74) is 3.45. The first-order chi connectivity index (χ1) is 11.2. The summed E-state index contributed by atoms with van der Waals surface area (Å²) in [6.45, 7) is 6.63. The zero-order chi connectivity index (χ0) is 16.5. The molecule has 0 aromatic heterocycles. The fourth-order valence-corrected chi connectivity index (χ4v) is 2.32. The predicted molar refractivity (Wildman–Crippen MR) is 93.7 cm³/mol. The van der Waals surface area contributed by atoms with E-state index in [2.05, 4.69) is 37.4 Å². The van der Waals surface area contributed by atoms with Crippen LogP contribution in [0.1, 0.15) is 11.1 Å². The molecule has 0 saturated heterocycles. The first-order valence-corrected chi connectivity index (χ1v) is 7.84. The lowest BCUT2D eigenvalue weighted by molar-refractivity contribution is 0.146. The van der Waals surface area contributed by atoms with E-state index in [0.29, 0.717) is 19.8 Å². The van der Waals surface area contributed by atoms with Gasteiger partial charge in [-0.15, -0.1) is 0 Å². The lowest BCUT2D eigenvalue weighted by atomic mass is 10.1. The second-order valence-corrected chi connectivity index (χ2v) is 5.47. The molecule has 2 rings (SSSR count). The van der Waals surface area contributed by atoms with E-state index >= 15 is 0 Å². The van der Waals surface area contributed by atoms with Crippen LogP contribution in [-0.4, -0.2) is 33.5 Å². The van der Waals surface area contributed by atoms with E-state index < -0.39 is 0 Å². The molecular weight excluding hydrogens is 290 g/mol. The van der Waals surface area contributed by atoms with Gasteiger partial charge in [0.25, 0.3) is 0 Å². The fourth-order valence-electron chi connectivity index (χ4n) is 2.32. The Hall–Kier alpha value is -2.20. The van der Waals surface area contributed by atoms with Gasteiger partial charge >= 0.3 is 0 Å². The zero-order valence-electron chi connectivity index (χ0n) is 14.1. The number of hydrogen-bond acceptors (Lipinski definition) is 4. The summed E-state index contributed by atoms with van der Waals surface area (Å²) >= 11 is 0. The molecular formula is C19H25NO3. The number of ether oxygens (including phenoxy) is 3. The van der Waals surface area contributed by atoms with Crippen LogP contribution < -0.4 is 14.8 Å². The summed E-state index contributed by atoms with van der Waals surface area (Å²) in [6.07, 6.45) is 0. The third-order valence-corrected chi connectivity index (χ3v) is 3.29. The highest BCUT2D eigenvalue weighted by Gasteiger charge is 1.99. The minimum atomic E-state index is 0.551. The molecule has 4 heteroatoms. The number of hydrogen-bond donors (Lipinski definition) is 1. The molecule has 0 aliphatic rings. The molecule has 23 heavy (non-hydrogen) atoms. The van der Waals surface area contributed by atoms with Crippen molar-refractivity contribution in [1.29, 1.82) is 0 Å². The van der Waals surface area contributed by atoms with E-state index in [-0.39, 0.29) is 0 Å². The summed E-state index contributed by atoms with van der Waals surface area (Å²) in [5.74, 6) is 1.75. The second-order valence-electron chi connectivity index (χ2n) is 5.47. The Morgan fingerprint density at radius 1 is 0.826 bits per heavy atom. The van der Waals surface area contributed by atoms with Gasteiger partial charge in [-0.05, 0) is 49.2 Å². The van der Waals surface area contributed by atoms with Gasteiger partial charge < -0.3 is 19.5 Å². The standard InChI is InChI=1S/C19H25NO3/c1-15-11-16(2)13-19(12-15)22-8-7-20-17-5-4-6-18(14-17)23-10-9-21-3/h4-6,11-14,20H,7-10H2,1-3H3. The van der Waals surface area contributed by atoms with Crippen LogP contribution in [0.3, 0.4) is 0 Å². The predicted octanol–water partition coefficient (Wildman–Crippen LogP) is 3.82. The molecule has 0 fully saturated rings. The van der Waals surface area contributed by atoms with Crippen molar-refractivity contribution in [2.75, 3.05) is 38.8 Å². The third kappa shape index (κ3) is 6.20. The average Bonchev–Trinajstić information content (AvgIpc) is 2.51. The van der Waals surface area contributed by atoms with Gasteiger partial charge in [0, 0.05) is 25.4 Å². The van der Waals surface area contributed by atoms with Crippen molar-refractivity contribution in [3.05, 3.63) is 53.6 Å². The van der Waals surface area contributed by atoms with Crippen LogP contribution in [0.25, 0.3) is 0 Å². The number of aryl methyl sites for hydroxylation is 2. The van der Waals surface area contributed by atoms with E-state index in [1.165, 1.54) is 11.1 Å². The lowest BCUT2D eigenvalue weighted by Gasteiger charge is -2.11. The largest absolute Gasteiger partial charge is 0.492 e. The third-order valence-electron chi connectivity index (χ3n) is 3.29. The van der Waals surface area contributed by atoms with Gasteiger partial charge in [-0.1, -0.05) is 12.1 Å². The van der Waals surface area contributed by atoms with E-state index in [9.17, 15) is 0 Å². The van der Waals surface area contributed by atoms with Gasteiger partial charge in [0.15, 0.2) is 0 Å². The SMILES string of the molecule is COCCOc1cccc(NCCOc2cc(C)cc(C)c2)c1. The number of anilines is 1. The van der Waals surface area contributed by atoms with Gasteiger partial charge in [-0.2, -0.15) is 0 Å². The highest BCUT2D eigenvalue weighted by atomic mass is 16.5. The summed E-state index contributed by atoms with van der Waals surface area (Å²) in [5, 5.41) is 3.34. The molecule has 0 aliphatic heterocycles. The highest BCUT2D eigenvalue weighted by Crippen LogP contribution is 2.18. The van der Waals surface area contributed by atoms with Crippen LogP contribution in [-0.2, 0) is 4.74 Å². The van der Waals surface area contributed by atoms with E-state index in [4.69, 9.17) is 14.2 Å². The Morgan fingerprint density at radius 3 is 2.30 bits per heavy atom. The van der Waals surface area contributed by atoms with Crippen LogP contribution in [0.2, 0.25) is 0 Å². The van der Waals surface area contributed by atoms with Crippen molar-refractivity contribution >= 4 is 5.69 Å². The van der Waals surface area contributed by atoms with Gasteiger partial charge in [-0.25, -0.2) is 0 Å². The molecule has 0 aliphatic carbocycles. The van der Waals surface area contributed by atoms with Gasteiger partial charge in [0.05, 0.1) is 6.61 Å². The molecule has 1 N–H and O–H groups in total. The van der Waals surface area contributed by atoms with Crippen LogP contribution in [0.4, 0.5) is 5.69 Å². The Kier molecular flexibility index (Phi) is 6.76. The Morgan fingerprint density at radius 2 is 1.57 bits per heavy atom. The van der Waals surface area contributed by atoms with Crippen LogP contribution >= 0.6 is 0 Å². The van der Waals surface area contributed by atoms with Crippen LogP contribution in [0.5, 0.6) is 11.5 Å². The summed E-state index contributed by atoms with van der Waals surface area (Å²) in [6, 6.07) is 14.1. The van der Waals surface area contributed by atoms with Crippen molar-refractivity contribution in [2.24, 2.45) is 0 Å². The van der Waals surface area contributed by atoms with Gasteiger partial charge in [0.1, 0.15) is 24.7 Å². The Labute approximate surface area is 138 Å². The molecule has 0 bridgehead atoms. The molecule has 4 nitrogen and oxygen atoms in total. The van der Waals surface area contributed by atoms with E-state index in [1.807, 2.05) is 24.3 Å². The smallest absolute Gasteiger partial charge is 0.121 e. The number of benzene rings is 2. The maximum Gasteiger partial charge on any atom is 0.121 e. The van der Waals surface area contributed by atoms with Gasteiger partial charge in [0.2, 0.25) is 0 Å². The Balaban J connectivity index is 1.76. The average molecular weight is 315 g/mol. The number of nitrogens with one attached hydrogen (secondary N) is 1. The Bertz CT molecular complexity index is 593. The van der Waals surface area contributed by atoms with Crippen molar-refractivity contribution in [3.8, 4) is 11.5 Å². The van der Waals surface area contributed by atoms with E-state index in [0.717, 1.165) is 23.7 Å². The van der Waals surface area contributed by atoms with Crippen LogP contribution in [0.15, 0.2) is 42.5 Å². The van der Waals surface area contributed by atoms with E-state index in [1.54, 1.807) is 7.11 Å². The number of rotatable bonds is 9. The minimum absolute atomic E-state index is 0.551. The lowest BCUT2D eigenvalue weighted by Crippen LogP contribution is -2.11. The summed E-state index contributed by atoms with van der Waals surface area (Å²) in [4.78, 5) is 0. The molecule has 0 heterocycles. The maximum atomic E-state index is 5.79. The first-order valence-electron chi connectivity index (χ1n) is 7.84. The van der Waals surface area contributed by atoms with Crippen molar-refractivity contribution in [1.82, 2.24) is 0 Å². The van der Waals surface area contributed by atoms with Gasteiger partial charge in [-0.3, -0.25) is 0 Å². The monoisotopic (exact) mass is 315 g/mol. The topological polar surface area (TPSA) is 39.7 Å². The molecule has 124 valence electrons. The highest BCUT2D eigenvalue weighted by molar-refractivity contribution is 5.48. The minimum Gasteiger partial charge on any atom is -0.492 e. The van der Waals surface area contributed by atoms with Crippen LogP contribution in [0, 0.1) is 13.8 Å². The van der Waals surface area contributed by atoms with Crippen molar-refractivity contribution in [2.45, 2.75) is 13.8 Å². The normalized spacial score (nSPS) is 10.4. The molecule has 2 aromatic rings. The second kappa shape index (κ2) is 9.06. The molecule has 0 spiro atoms. The molecule has 0 saturated carbocycles. The maximum absolute atomic E-state index is 5.79. The van der Waals surface area contributed by atoms with Crippen molar-refractivity contribution in [3.63, 3.8) is 0 Å². The molecule has 0 atom stereocenters. The molecule has 0 amide bonds. The summed E-state index contributed by atoms with van der Waals surface area (Å²) < 4.78 is 16.4. The summed E-state index contributed by atoms with van der Waals surface area (Å²) in [7, 11) is 1.66. The molecule has 0 radical (unpaired) electrons. The van der Waals surface area contributed by atoms with Crippen molar-refractivity contribution < 1.29 is 14.2 Å².